The van der Waals surface area contributed by atoms with Gasteiger partial charge in [0.25, 0.3) is 0 Å². The van der Waals surface area contributed by atoms with Crippen molar-refractivity contribution in [2.45, 2.75) is 102 Å². The predicted octanol–water partition coefficient (Wildman–Crippen LogP) is 13.1. The molecule has 0 bridgehead atoms. The van der Waals surface area contributed by atoms with Crippen molar-refractivity contribution in [2.24, 2.45) is 0 Å². The van der Waals surface area contributed by atoms with E-state index in [0.29, 0.717) is 31.5 Å². The highest BCUT2D eigenvalue weighted by molar-refractivity contribution is 9.10. The number of nitrogens with zero attached hydrogens (tertiary/aromatic N) is 3. The van der Waals surface area contributed by atoms with Crippen LogP contribution in [0.2, 0.25) is 0 Å². The molecular formula is C54H59Br2N3O5S2. The number of aryl methyl sites for hydroxylation is 1. The van der Waals surface area contributed by atoms with Crippen LogP contribution in [0.3, 0.4) is 0 Å². The second-order valence-corrected chi connectivity index (χ2v) is 24.3. The van der Waals surface area contributed by atoms with Gasteiger partial charge in [-0.15, -0.1) is 3.98 Å². The fraction of sp³-hybridized carbons (Fsp3) is 0.352. The van der Waals surface area contributed by atoms with Gasteiger partial charge in [-0.05, 0) is 132 Å². The molecule has 0 unspecified atom stereocenters. The lowest BCUT2D eigenvalue weighted by Crippen LogP contribution is -2.28. The Labute approximate surface area is 408 Å². The van der Waals surface area contributed by atoms with Crippen LogP contribution in [0.5, 0.6) is 0 Å². The zero-order valence-corrected chi connectivity index (χ0v) is 43.7. The molecule has 66 heavy (non-hydrogen) atoms. The Morgan fingerprint density at radius 2 is 1.12 bits per heavy atom. The van der Waals surface area contributed by atoms with E-state index < -0.39 is 31.3 Å². The zero-order valence-electron chi connectivity index (χ0n) is 38.9. The Hall–Kier alpha value is -4.33. The van der Waals surface area contributed by atoms with E-state index >= 15 is 0 Å². The maximum absolute atomic E-state index is 14.6. The molecule has 3 aliphatic rings. The van der Waals surface area contributed by atoms with Gasteiger partial charge in [-0.1, -0.05) is 133 Å². The smallest absolute Gasteiger partial charge is 0.395 e. The van der Waals surface area contributed by atoms with Crippen LogP contribution >= 0.6 is 31.9 Å². The number of rotatable bonds is 13. The summed E-state index contributed by atoms with van der Waals surface area (Å²) in [5.41, 5.74) is 9.62. The van der Waals surface area contributed by atoms with Crippen molar-refractivity contribution in [2.75, 3.05) is 35.7 Å². The van der Waals surface area contributed by atoms with Crippen LogP contribution in [0.1, 0.15) is 96.3 Å². The van der Waals surface area contributed by atoms with Crippen LogP contribution in [0.25, 0.3) is 21.5 Å². The first-order valence-corrected chi connectivity index (χ1v) is 27.5. The molecule has 0 radical (unpaired) electrons. The number of hydrogen-bond donors (Lipinski definition) is 0. The fourth-order valence-corrected chi connectivity index (χ4v) is 13.1. The van der Waals surface area contributed by atoms with Crippen LogP contribution in [0.4, 0.5) is 11.4 Å². The fourth-order valence-electron chi connectivity index (χ4n) is 10.5. The lowest BCUT2D eigenvalue weighted by molar-refractivity contribution is -0.325. The topological polar surface area (TPSA) is 101 Å². The summed E-state index contributed by atoms with van der Waals surface area (Å²) in [6.45, 7) is 14.6. The Bertz CT molecular complexity index is 3150. The maximum atomic E-state index is 14.6. The van der Waals surface area contributed by atoms with Gasteiger partial charge in [-0.25, -0.2) is 8.42 Å². The molecule has 0 amide bonds. The highest BCUT2D eigenvalue weighted by Gasteiger charge is 2.43. The van der Waals surface area contributed by atoms with Crippen molar-refractivity contribution in [1.29, 1.82) is 0 Å². The molecule has 8 rings (SSSR count). The first-order chi connectivity index (χ1) is 31.2. The van der Waals surface area contributed by atoms with E-state index in [1.165, 1.54) is 37.3 Å². The van der Waals surface area contributed by atoms with Gasteiger partial charge < -0.3 is 14.4 Å². The van der Waals surface area contributed by atoms with Crippen molar-refractivity contribution in [3.8, 4) is 0 Å². The van der Waals surface area contributed by atoms with Crippen LogP contribution in [0, 0.1) is 6.92 Å². The molecule has 1 saturated carbocycles. The Kier molecular flexibility index (Phi) is 13.6. The Morgan fingerprint density at radius 1 is 0.652 bits per heavy atom. The van der Waals surface area contributed by atoms with Crippen molar-refractivity contribution in [1.82, 2.24) is 0 Å². The molecule has 2 aliphatic heterocycles. The van der Waals surface area contributed by atoms with Gasteiger partial charge in [0, 0.05) is 72.5 Å². The van der Waals surface area contributed by atoms with Crippen LogP contribution in [-0.2, 0) is 31.0 Å². The van der Waals surface area contributed by atoms with Gasteiger partial charge in [0.15, 0.2) is 7.05 Å². The van der Waals surface area contributed by atoms with E-state index in [4.69, 9.17) is 0 Å². The number of halogens is 2. The highest BCUT2D eigenvalue weighted by atomic mass is 79.9. The number of benzene rings is 5. The van der Waals surface area contributed by atoms with Crippen molar-refractivity contribution >= 4 is 90.6 Å². The molecule has 2 heterocycles. The average Bonchev–Trinajstić information content (AvgIpc) is 3.83. The highest BCUT2D eigenvalue weighted by Crippen LogP contribution is 2.53. The predicted molar refractivity (Wildman–Crippen MR) is 278 cm³/mol. The third-order valence-electron chi connectivity index (χ3n) is 13.8. The number of sulfonamides is 1. The molecule has 346 valence electrons. The third kappa shape index (κ3) is 9.17. The first kappa shape index (κ1) is 48.1. The number of fused-ring (bicyclic) bond motifs is 6. The van der Waals surface area contributed by atoms with Gasteiger partial charge in [-0.3, -0.25) is 0 Å². The Morgan fingerprint density at radius 3 is 1.58 bits per heavy atom. The number of unbranched alkanes of at least 4 members (excludes halogenated alkanes) is 3. The van der Waals surface area contributed by atoms with Gasteiger partial charge in [0.2, 0.25) is 5.71 Å². The average molecular weight is 1050 g/mol. The number of anilines is 2. The summed E-state index contributed by atoms with van der Waals surface area (Å²) < 4.78 is 67.5. The first-order valence-electron chi connectivity index (χ1n) is 22.9. The third-order valence-corrected chi connectivity index (χ3v) is 17.3. The van der Waals surface area contributed by atoms with Crippen molar-refractivity contribution in [3.05, 3.63) is 157 Å². The van der Waals surface area contributed by atoms with Crippen LogP contribution in [0.15, 0.2) is 146 Å². The Balaban J connectivity index is 1.27. The lowest BCUT2D eigenvalue weighted by atomic mass is 9.81. The summed E-state index contributed by atoms with van der Waals surface area (Å²) in [5.74, 6) is -0.411. The van der Waals surface area contributed by atoms with E-state index in [1.807, 2.05) is 19.1 Å². The monoisotopic (exact) mass is 1050 g/mol. The maximum Gasteiger partial charge on any atom is 0.395 e. The molecule has 5 aromatic rings. The zero-order chi connectivity index (χ0) is 47.3. The van der Waals surface area contributed by atoms with E-state index in [1.54, 1.807) is 19.2 Å². The van der Waals surface area contributed by atoms with Crippen molar-refractivity contribution in [3.63, 3.8) is 0 Å². The molecule has 1 aliphatic carbocycles. The molecule has 1 fully saturated rings. The van der Waals surface area contributed by atoms with Crippen LogP contribution < -0.4 is 9.80 Å². The molecule has 0 atom stereocenters. The molecule has 0 spiro atoms. The van der Waals surface area contributed by atoms with E-state index in [9.17, 15) is 21.4 Å². The largest absolute Gasteiger partial charge is 0.748 e. The molecule has 8 nitrogen and oxygen atoms in total. The molecule has 0 aromatic heterocycles. The molecule has 0 N–H and O–H groups in total. The molecule has 0 saturated heterocycles. The van der Waals surface area contributed by atoms with Gasteiger partial charge in [0.1, 0.15) is 4.90 Å². The normalized spacial score (nSPS) is 20.2. The van der Waals surface area contributed by atoms with E-state index in [-0.39, 0.29) is 16.7 Å². The SMILES string of the molecule is CCCCCN1/C(=C/C=C2\CCC(=C/C=C3/N(CCCCS(=O)(=O)[O-])c4ccc5cc(Br)ccc5c4C3(C)C)\C2=[N+](\C)S(=O)(=O)c2ccc(C)cc2)C(C)(C)c2c1ccc1cc(Br)ccc21. The van der Waals surface area contributed by atoms with Gasteiger partial charge in [-0.2, -0.15) is 8.42 Å². The summed E-state index contributed by atoms with van der Waals surface area (Å²) in [6.07, 6.45) is 14.0. The molecule has 5 aromatic carbocycles. The number of allylic oxidation sites excluding steroid dienone is 8. The second-order valence-electron chi connectivity index (χ2n) is 19.0. The second kappa shape index (κ2) is 18.6. The minimum atomic E-state index is -4.34. The van der Waals surface area contributed by atoms with Crippen LogP contribution in [-0.4, -0.2) is 57.0 Å². The quantitative estimate of drug-likeness (QED) is 0.0658. The summed E-state index contributed by atoms with van der Waals surface area (Å²) in [7, 11) is -6.63. The minimum absolute atomic E-state index is 0.232. The number of hydrogen-bond acceptors (Lipinski definition) is 7. The van der Waals surface area contributed by atoms with E-state index in [0.717, 1.165) is 73.6 Å². The summed E-state index contributed by atoms with van der Waals surface area (Å²) in [5, 5.41) is 4.65. The van der Waals surface area contributed by atoms with Gasteiger partial charge in [0.05, 0.1) is 10.1 Å². The summed E-state index contributed by atoms with van der Waals surface area (Å²) in [4.78, 5) is 4.97. The summed E-state index contributed by atoms with van der Waals surface area (Å²) >= 11 is 7.32. The van der Waals surface area contributed by atoms with E-state index in [2.05, 4.69) is 161 Å². The van der Waals surface area contributed by atoms with Crippen molar-refractivity contribution < 1.29 is 25.4 Å². The standard InChI is InChI=1S/C54H59Br2N3O5S2/c1-8-9-10-31-58-46-27-17-39-34-41(55)21-25-44(39)50(46)53(3,4)48(58)29-19-37-15-16-38(52(37)57(7)66(63,64)43-23-13-36(2)14-24-43)20-30-49-54(5,6)51-45-26-22-42(56)35-40(45)18-28-47(51)59(49)32-11-12-33-65(60,61)62/h13-14,17-30,34-35H,8-12,15-16,31-33H2,1-7H3. The lowest BCUT2D eigenvalue weighted by Gasteiger charge is -2.27. The van der Waals surface area contributed by atoms with Gasteiger partial charge >= 0.3 is 10.0 Å². The minimum Gasteiger partial charge on any atom is -0.748 e. The molecular weight excluding hydrogens is 995 g/mol. The summed E-state index contributed by atoms with van der Waals surface area (Å²) in [6, 6.07) is 28.6. The molecule has 12 heteroatoms.